The van der Waals surface area contributed by atoms with Crippen molar-refractivity contribution in [3.05, 3.63) is 30.5 Å². The van der Waals surface area contributed by atoms with Gasteiger partial charge in [-0.15, -0.1) is 0 Å². The number of carbonyl (C=O) groups excluding carboxylic acids is 1. The van der Waals surface area contributed by atoms with Crippen molar-refractivity contribution >= 4 is 29.4 Å². The van der Waals surface area contributed by atoms with Crippen molar-refractivity contribution < 1.29 is 14.1 Å². The van der Waals surface area contributed by atoms with Crippen molar-refractivity contribution in [1.82, 2.24) is 4.57 Å². The molecule has 0 saturated heterocycles. The molecule has 1 heterocycles. The summed E-state index contributed by atoms with van der Waals surface area (Å²) in [6.45, 7) is 5.87. The third-order valence-corrected chi connectivity index (χ3v) is 4.71. The highest BCUT2D eigenvalue weighted by molar-refractivity contribution is 7.70. The van der Waals surface area contributed by atoms with Crippen molar-refractivity contribution in [3.63, 3.8) is 0 Å². The summed E-state index contributed by atoms with van der Waals surface area (Å²) >= 11 is 0. The number of benzene rings is 1. The van der Waals surface area contributed by atoms with Crippen molar-refractivity contribution in [2.24, 2.45) is 0 Å². The zero-order chi connectivity index (χ0) is 14.8. The van der Waals surface area contributed by atoms with Crippen LogP contribution in [0.15, 0.2) is 30.5 Å². The van der Waals surface area contributed by atoms with Crippen molar-refractivity contribution in [2.75, 3.05) is 19.9 Å². The molecular weight excluding hydrogens is 273 g/mol. The van der Waals surface area contributed by atoms with Crippen LogP contribution in [0, 0.1) is 0 Å². The summed E-state index contributed by atoms with van der Waals surface area (Å²) in [4.78, 5) is 12.1. The van der Waals surface area contributed by atoms with Gasteiger partial charge in [-0.3, -0.25) is 4.57 Å². The maximum absolute atomic E-state index is 12.4. The van der Waals surface area contributed by atoms with E-state index < -0.39 is 13.2 Å². The molecule has 0 aliphatic rings. The normalized spacial score (nSPS) is 11.8. The van der Waals surface area contributed by atoms with E-state index in [2.05, 4.69) is 0 Å². The Labute approximate surface area is 119 Å². The molecule has 2 aromatic rings. The summed E-state index contributed by atoms with van der Waals surface area (Å²) in [5.41, 5.74) is 0.743. The topological polar surface area (TPSA) is 48.3 Å². The number of rotatable bonds is 4. The lowest BCUT2D eigenvalue weighted by atomic mass is 10.2. The lowest BCUT2D eigenvalue weighted by molar-refractivity contribution is 0.147. The Morgan fingerprint density at radius 3 is 2.65 bits per heavy atom. The van der Waals surface area contributed by atoms with Crippen LogP contribution in [-0.4, -0.2) is 30.6 Å². The van der Waals surface area contributed by atoms with E-state index in [1.165, 1.54) is 4.57 Å². The summed E-state index contributed by atoms with van der Waals surface area (Å²) in [6.07, 6.45) is 3.07. The summed E-state index contributed by atoms with van der Waals surface area (Å²) in [7, 11) is -2.44. The van der Waals surface area contributed by atoms with Gasteiger partial charge in [-0.1, -0.05) is 31.5 Å². The smallest absolute Gasteiger partial charge is 0.418 e. The fraction of sp³-hybridized carbons (Fsp3) is 0.400. The van der Waals surface area contributed by atoms with Gasteiger partial charge in [-0.25, -0.2) is 4.79 Å². The molecule has 5 heteroatoms. The van der Waals surface area contributed by atoms with Crippen LogP contribution in [-0.2, 0) is 9.30 Å². The molecule has 0 unspecified atom stereocenters. The average molecular weight is 293 g/mol. The number of carbonyl (C=O) groups is 1. The van der Waals surface area contributed by atoms with Crippen LogP contribution in [0.4, 0.5) is 4.79 Å². The van der Waals surface area contributed by atoms with Crippen LogP contribution < -0.4 is 5.30 Å². The molecule has 0 saturated carbocycles. The fourth-order valence-electron chi connectivity index (χ4n) is 2.12. The molecule has 0 bridgehead atoms. The summed E-state index contributed by atoms with van der Waals surface area (Å²) < 4.78 is 19.1. The van der Waals surface area contributed by atoms with Gasteiger partial charge in [-0.05, 0) is 25.8 Å². The van der Waals surface area contributed by atoms with Gasteiger partial charge in [0.2, 0.25) is 0 Å². The Balaban J connectivity index is 2.44. The Bertz CT molecular complexity index is 669. The van der Waals surface area contributed by atoms with Gasteiger partial charge in [0.25, 0.3) is 0 Å². The van der Waals surface area contributed by atoms with Crippen molar-refractivity contribution in [2.45, 2.75) is 19.8 Å². The second-order valence-corrected chi connectivity index (χ2v) is 8.40. The van der Waals surface area contributed by atoms with Gasteiger partial charge in [0, 0.05) is 16.9 Å². The van der Waals surface area contributed by atoms with Crippen LogP contribution >= 0.6 is 7.14 Å². The standard InChI is InChI=1S/C15H20NO3P/c1-4-5-10-19-15(17)16-11-14(20(2,3)18)12-8-6-7-9-13(12)16/h6-9,11H,4-5,10H2,1-3H3. The predicted octanol–water partition coefficient (Wildman–Crippen LogP) is 3.67. The summed E-state index contributed by atoms with van der Waals surface area (Å²) in [5.74, 6) is 0. The molecule has 0 aliphatic carbocycles. The highest BCUT2D eigenvalue weighted by Gasteiger charge is 2.21. The molecule has 1 aromatic carbocycles. The summed E-state index contributed by atoms with van der Waals surface area (Å²) in [5, 5.41) is 1.58. The first-order valence-corrected chi connectivity index (χ1v) is 9.38. The van der Waals surface area contributed by atoms with Crippen LogP contribution in [0.1, 0.15) is 19.8 Å². The second kappa shape index (κ2) is 5.84. The Morgan fingerprint density at radius 1 is 1.30 bits per heavy atom. The number of nitrogens with zero attached hydrogens (tertiary/aromatic N) is 1. The van der Waals surface area contributed by atoms with Gasteiger partial charge in [0.1, 0.15) is 7.14 Å². The van der Waals surface area contributed by atoms with E-state index in [1.54, 1.807) is 19.5 Å². The lowest BCUT2D eigenvalue weighted by Crippen LogP contribution is -2.14. The molecule has 0 amide bonds. The van der Waals surface area contributed by atoms with Crippen LogP contribution in [0.5, 0.6) is 0 Å². The minimum atomic E-state index is -2.44. The highest BCUT2D eigenvalue weighted by Crippen LogP contribution is 2.38. The number of hydrogen-bond donors (Lipinski definition) is 0. The van der Waals surface area contributed by atoms with E-state index in [-0.39, 0.29) is 0 Å². The number of para-hydroxylation sites is 1. The Hall–Kier alpha value is -1.54. The first-order chi connectivity index (χ1) is 9.45. The molecule has 0 spiro atoms. The number of ether oxygens (including phenoxy) is 1. The third kappa shape index (κ3) is 2.96. The second-order valence-electron chi connectivity index (χ2n) is 5.22. The van der Waals surface area contributed by atoms with Gasteiger partial charge in [0.15, 0.2) is 0 Å². The SMILES string of the molecule is CCCCOC(=O)n1cc(P(C)(C)=O)c2ccccc21. The molecule has 0 aliphatic heterocycles. The third-order valence-electron chi connectivity index (χ3n) is 3.19. The minimum Gasteiger partial charge on any atom is -0.449 e. The predicted molar refractivity (Wildman–Crippen MR) is 82.7 cm³/mol. The van der Waals surface area contributed by atoms with E-state index in [4.69, 9.17) is 4.74 Å². The molecule has 20 heavy (non-hydrogen) atoms. The molecule has 108 valence electrons. The van der Waals surface area contributed by atoms with Crippen LogP contribution in [0.2, 0.25) is 0 Å². The zero-order valence-electron chi connectivity index (χ0n) is 12.1. The van der Waals surface area contributed by atoms with E-state index in [0.717, 1.165) is 29.0 Å². The quantitative estimate of drug-likeness (QED) is 0.638. The number of fused-ring (bicyclic) bond motifs is 1. The maximum atomic E-state index is 12.4. The molecule has 1 aromatic heterocycles. The average Bonchev–Trinajstić information content (AvgIpc) is 2.78. The summed E-state index contributed by atoms with van der Waals surface area (Å²) in [6, 6.07) is 7.47. The van der Waals surface area contributed by atoms with Crippen molar-refractivity contribution in [3.8, 4) is 0 Å². The van der Waals surface area contributed by atoms with Gasteiger partial charge >= 0.3 is 6.09 Å². The molecule has 2 rings (SSSR count). The number of aromatic nitrogens is 1. The minimum absolute atomic E-state index is 0.408. The molecular formula is C15H20NO3P. The van der Waals surface area contributed by atoms with E-state index in [9.17, 15) is 9.36 Å². The molecule has 0 radical (unpaired) electrons. The Kier molecular flexibility index (Phi) is 4.34. The molecule has 0 N–H and O–H groups in total. The largest absolute Gasteiger partial charge is 0.449 e. The Morgan fingerprint density at radius 2 is 2.00 bits per heavy atom. The monoisotopic (exact) mass is 293 g/mol. The van der Waals surface area contributed by atoms with E-state index >= 15 is 0 Å². The van der Waals surface area contributed by atoms with E-state index in [1.807, 2.05) is 31.2 Å². The molecule has 4 nitrogen and oxygen atoms in total. The highest BCUT2D eigenvalue weighted by atomic mass is 31.2. The zero-order valence-corrected chi connectivity index (χ0v) is 13.0. The van der Waals surface area contributed by atoms with E-state index in [0.29, 0.717) is 6.61 Å². The molecule has 0 fully saturated rings. The fourth-order valence-corrected chi connectivity index (χ4v) is 3.28. The van der Waals surface area contributed by atoms with Crippen molar-refractivity contribution in [1.29, 1.82) is 0 Å². The van der Waals surface area contributed by atoms with Crippen LogP contribution in [0.3, 0.4) is 0 Å². The first-order valence-electron chi connectivity index (χ1n) is 6.78. The maximum Gasteiger partial charge on any atom is 0.418 e. The molecule has 0 atom stereocenters. The van der Waals surface area contributed by atoms with Gasteiger partial charge in [0.05, 0.1) is 12.1 Å². The first kappa shape index (κ1) is 14.9. The number of hydrogen-bond acceptors (Lipinski definition) is 3. The van der Waals surface area contributed by atoms with Crippen LogP contribution in [0.25, 0.3) is 10.9 Å². The number of unbranched alkanes of at least 4 members (excludes halogenated alkanes) is 1. The lowest BCUT2D eigenvalue weighted by Gasteiger charge is -2.05. The van der Waals surface area contributed by atoms with Gasteiger partial charge < -0.3 is 9.30 Å². The van der Waals surface area contributed by atoms with Gasteiger partial charge in [-0.2, -0.15) is 0 Å².